The second-order valence-electron chi connectivity index (χ2n) is 1.78. The molecule has 0 fully saturated rings. The highest BCUT2D eigenvalue weighted by Crippen LogP contribution is 1.65. The van der Waals surface area contributed by atoms with Gasteiger partial charge in [-0.1, -0.05) is 0 Å². The van der Waals surface area contributed by atoms with E-state index in [1.807, 2.05) is 19.0 Å². The Kier molecular flexibility index (Phi) is 3.47. The van der Waals surface area contributed by atoms with Crippen LogP contribution in [0.25, 0.3) is 0 Å². The van der Waals surface area contributed by atoms with Gasteiger partial charge in [0.05, 0.1) is 6.67 Å². The summed E-state index contributed by atoms with van der Waals surface area (Å²) in [4.78, 5) is 1.94. The highest BCUT2D eigenvalue weighted by atomic mass is 32.1. The quantitative estimate of drug-likeness (QED) is 0.387. The van der Waals surface area contributed by atoms with E-state index in [2.05, 4.69) is 17.5 Å². The summed E-state index contributed by atoms with van der Waals surface area (Å²) in [6.07, 6.45) is 0. The van der Waals surface area contributed by atoms with Gasteiger partial charge in [-0.15, -0.1) is 0 Å². The first-order valence-corrected chi connectivity index (χ1v) is 2.72. The largest absolute Gasteiger partial charge is 0.376 e. The molecule has 0 aromatic carbocycles. The number of hydrogen-bond donors (Lipinski definition) is 2. The Morgan fingerprint density at radius 3 is 2.38 bits per heavy atom. The Balaban J connectivity index is 3.05. The maximum absolute atomic E-state index is 5.13. The first-order chi connectivity index (χ1) is 3.63. The summed E-state index contributed by atoms with van der Waals surface area (Å²) in [6.45, 7) is 0.704. The summed E-state index contributed by atoms with van der Waals surface area (Å²) >= 11 is 4.55. The molecule has 4 heteroatoms. The number of hydrogen-bond acceptors (Lipinski definition) is 2. The maximum Gasteiger partial charge on any atom is 0.164 e. The minimum atomic E-state index is 0.346. The fourth-order valence-electron chi connectivity index (χ4n) is 0.236. The third-order valence-electron chi connectivity index (χ3n) is 0.570. The normalized spacial score (nSPS) is 9.38. The SMILES string of the molecule is CN(C)CNC(N)=S. The van der Waals surface area contributed by atoms with Crippen LogP contribution in [0, 0.1) is 0 Å². The van der Waals surface area contributed by atoms with Crippen LogP contribution in [0.3, 0.4) is 0 Å². The number of nitrogens with two attached hydrogens (primary N) is 1. The van der Waals surface area contributed by atoms with Gasteiger partial charge in [-0.2, -0.15) is 0 Å². The summed E-state index contributed by atoms with van der Waals surface area (Å²) < 4.78 is 0. The standard InChI is InChI=1S/C4H11N3S/c1-7(2)3-6-4(5)8/h3H2,1-2H3,(H3,5,6,8). The molecule has 0 aromatic rings. The third kappa shape index (κ3) is 5.65. The van der Waals surface area contributed by atoms with E-state index < -0.39 is 0 Å². The van der Waals surface area contributed by atoms with E-state index in [9.17, 15) is 0 Å². The monoisotopic (exact) mass is 133 g/mol. The summed E-state index contributed by atoms with van der Waals surface area (Å²) in [5.74, 6) is 0. The lowest BCUT2D eigenvalue weighted by molar-refractivity contribution is 0.401. The van der Waals surface area contributed by atoms with Gasteiger partial charge in [-0.05, 0) is 26.3 Å². The molecule has 3 nitrogen and oxygen atoms in total. The van der Waals surface area contributed by atoms with Crippen molar-refractivity contribution in [3.8, 4) is 0 Å². The van der Waals surface area contributed by atoms with Crippen LogP contribution in [-0.2, 0) is 0 Å². The predicted molar refractivity (Wildman–Crippen MR) is 38.5 cm³/mol. The summed E-state index contributed by atoms with van der Waals surface area (Å²) in [7, 11) is 3.87. The molecule has 0 amide bonds. The van der Waals surface area contributed by atoms with E-state index in [1.54, 1.807) is 0 Å². The molecule has 0 aliphatic rings. The van der Waals surface area contributed by atoms with Crippen LogP contribution in [0.1, 0.15) is 0 Å². The topological polar surface area (TPSA) is 41.3 Å². The van der Waals surface area contributed by atoms with Crippen LogP contribution in [-0.4, -0.2) is 30.8 Å². The van der Waals surface area contributed by atoms with Crippen molar-refractivity contribution in [3.63, 3.8) is 0 Å². The molecule has 0 unspecified atom stereocenters. The number of thiocarbonyl (C=S) groups is 1. The fraction of sp³-hybridized carbons (Fsp3) is 0.750. The third-order valence-corrected chi connectivity index (χ3v) is 0.714. The lowest BCUT2D eigenvalue weighted by atomic mass is 10.8. The molecular weight excluding hydrogens is 122 g/mol. The molecular formula is C4H11N3S. The van der Waals surface area contributed by atoms with Gasteiger partial charge in [-0.25, -0.2) is 0 Å². The molecule has 0 atom stereocenters. The van der Waals surface area contributed by atoms with E-state index in [1.165, 1.54) is 0 Å². The zero-order chi connectivity index (χ0) is 6.57. The zero-order valence-electron chi connectivity index (χ0n) is 5.14. The first-order valence-electron chi connectivity index (χ1n) is 2.31. The molecule has 48 valence electrons. The van der Waals surface area contributed by atoms with Crippen LogP contribution in [0.4, 0.5) is 0 Å². The van der Waals surface area contributed by atoms with E-state index in [0.717, 1.165) is 0 Å². The van der Waals surface area contributed by atoms with Crippen LogP contribution in [0.5, 0.6) is 0 Å². The molecule has 0 saturated heterocycles. The highest BCUT2D eigenvalue weighted by Gasteiger charge is 1.86. The van der Waals surface area contributed by atoms with Crippen LogP contribution in [0.2, 0.25) is 0 Å². The second-order valence-corrected chi connectivity index (χ2v) is 2.22. The van der Waals surface area contributed by atoms with Crippen molar-refractivity contribution < 1.29 is 0 Å². The molecule has 0 radical (unpaired) electrons. The Morgan fingerprint density at radius 1 is 1.75 bits per heavy atom. The van der Waals surface area contributed by atoms with E-state index in [0.29, 0.717) is 11.8 Å². The average Bonchev–Trinajstić information content (AvgIpc) is 1.61. The first kappa shape index (κ1) is 7.65. The van der Waals surface area contributed by atoms with Gasteiger partial charge in [0.1, 0.15) is 0 Å². The van der Waals surface area contributed by atoms with Crippen molar-refractivity contribution in [1.29, 1.82) is 0 Å². The van der Waals surface area contributed by atoms with Gasteiger partial charge in [0.15, 0.2) is 5.11 Å². The van der Waals surface area contributed by atoms with E-state index in [4.69, 9.17) is 5.73 Å². The van der Waals surface area contributed by atoms with Gasteiger partial charge < -0.3 is 11.1 Å². The summed E-state index contributed by atoms with van der Waals surface area (Å²) in [5, 5.41) is 3.13. The van der Waals surface area contributed by atoms with Gasteiger partial charge >= 0.3 is 0 Å². The van der Waals surface area contributed by atoms with Crippen molar-refractivity contribution >= 4 is 17.3 Å². The Hall–Kier alpha value is -0.350. The average molecular weight is 133 g/mol. The molecule has 0 aliphatic carbocycles. The molecule has 0 heterocycles. The van der Waals surface area contributed by atoms with E-state index >= 15 is 0 Å². The van der Waals surface area contributed by atoms with Crippen molar-refractivity contribution in [2.75, 3.05) is 20.8 Å². The zero-order valence-corrected chi connectivity index (χ0v) is 5.96. The van der Waals surface area contributed by atoms with Crippen LogP contribution >= 0.6 is 12.2 Å². The van der Waals surface area contributed by atoms with Gasteiger partial charge in [0.2, 0.25) is 0 Å². The molecule has 0 aromatic heterocycles. The maximum atomic E-state index is 5.13. The van der Waals surface area contributed by atoms with Gasteiger partial charge in [0.25, 0.3) is 0 Å². The number of nitrogens with one attached hydrogen (secondary N) is 1. The lowest BCUT2D eigenvalue weighted by Crippen LogP contribution is -2.36. The summed E-state index contributed by atoms with van der Waals surface area (Å²) in [6, 6.07) is 0. The molecule has 0 rings (SSSR count). The minimum Gasteiger partial charge on any atom is -0.376 e. The van der Waals surface area contributed by atoms with Crippen molar-refractivity contribution in [1.82, 2.24) is 10.2 Å². The number of nitrogens with zero attached hydrogens (tertiary/aromatic N) is 1. The highest BCUT2D eigenvalue weighted by molar-refractivity contribution is 7.80. The Bertz CT molecular complexity index is 81.4. The van der Waals surface area contributed by atoms with Crippen molar-refractivity contribution in [2.24, 2.45) is 5.73 Å². The molecule has 0 bridgehead atoms. The Morgan fingerprint density at radius 2 is 2.25 bits per heavy atom. The molecule has 0 saturated carbocycles. The molecule has 0 aliphatic heterocycles. The molecule has 3 N–H and O–H groups in total. The fourth-order valence-corrected chi connectivity index (χ4v) is 0.301. The van der Waals surface area contributed by atoms with Crippen LogP contribution < -0.4 is 11.1 Å². The van der Waals surface area contributed by atoms with Gasteiger partial charge in [-0.3, -0.25) is 4.90 Å². The van der Waals surface area contributed by atoms with Crippen molar-refractivity contribution in [2.45, 2.75) is 0 Å². The van der Waals surface area contributed by atoms with Crippen LogP contribution in [0.15, 0.2) is 0 Å². The molecule has 8 heavy (non-hydrogen) atoms. The van der Waals surface area contributed by atoms with Crippen molar-refractivity contribution in [3.05, 3.63) is 0 Å². The van der Waals surface area contributed by atoms with E-state index in [-0.39, 0.29) is 0 Å². The number of rotatable bonds is 2. The predicted octanol–water partition coefficient (Wildman–Crippen LogP) is -0.661. The smallest absolute Gasteiger partial charge is 0.164 e. The minimum absolute atomic E-state index is 0.346. The lowest BCUT2D eigenvalue weighted by Gasteiger charge is -2.09. The second kappa shape index (κ2) is 3.63. The molecule has 0 spiro atoms. The van der Waals surface area contributed by atoms with Gasteiger partial charge in [0, 0.05) is 0 Å². The Labute approximate surface area is 54.8 Å². The summed E-state index contributed by atoms with van der Waals surface area (Å²) in [5.41, 5.74) is 5.13.